The van der Waals surface area contributed by atoms with Crippen molar-refractivity contribution in [2.45, 2.75) is 32.1 Å². The molecule has 3 heteroatoms. The molecule has 2 aliphatic rings. The lowest BCUT2D eigenvalue weighted by Gasteiger charge is -2.27. The molecule has 1 aliphatic carbocycles. The molecule has 1 amide bonds. The van der Waals surface area contributed by atoms with Gasteiger partial charge in [0.25, 0.3) is 0 Å². The van der Waals surface area contributed by atoms with Crippen LogP contribution < -0.4 is 0 Å². The monoisotopic (exact) mass is 209 g/mol. The Hall–Kier alpha value is -0.830. The summed E-state index contributed by atoms with van der Waals surface area (Å²) in [6.45, 7) is 2.91. The zero-order chi connectivity index (χ0) is 10.5. The Morgan fingerprint density at radius 1 is 1.20 bits per heavy atom. The van der Waals surface area contributed by atoms with Crippen LogP contribution in [0.15, 0.2) is 11.6 Å². The average molecular weight is 209 g/mol. The van der Waals surface area contributed by atoms with Gasteiger partial charge in [-0.3, -0.25) is 4.79 Å². The van der Waals surface area contributed by atoms with Gasteiger partial charge in [-0.1, -0.05) is 12.5 Å². The molecule has 0 spiro atoms. The van der Waals surface area contributed by atoms with Crippen LogP contribution in [0, 0.1) is 0 Å². The maximum absolute atomic E-state index is 12.1. The van der Waals surface area contributed by atoms with Crippen LogP contribution in [0.3, 0.4) is 0 Å². The van der Waals surface area contributed by atoms with E-state index >= 15 is 0 Å². The quantitative estimate of drug-likeness (QED) is 0.658. The van der Waals surface area contributed by atoms with E-state index < -0.39 is 0 Å². The highest BCUT2D eigenvalue weighted by molar-refractivity contribution is 5.93. The van der Waals surface area contributed by atoms with E-state index in [9.17, 15) is 4.79 Å². The maximum Gasteiger partial charge on any atom is 0.249 e. The van der Waals surface area contributed by atoms with Crippen LogP contribution in [0.1, 0.15) is 32.1 Å². The minimum absolute atomic E-state index is 0.250. The topological polar surface area (TPSA) is 29.5 Å². The lowest BCUT2D eigenvalue weighted by atomic mass is 10.1. The largest absolute Gasteiger partial charge is 0.378 e. The van der Waals surface area contributed by atoms with Crippen molar-refractivity contribution < 1.29 is 9.53 Å². The summed E-state index contributed by atoms with van der Waals surface area (Å²) >= 11 is 0. The molecule has 84 valence electrons. The molecule has 0 atom stereocenters. The van der Waals surface area contributed by atoms with E-state index in [-0.39, 0.29) is 5.91 Å². The lowest BCUT2D eigenvalue weighted by molar-refractivity contribution is -0.131. The summed E-state index contributed by atoms with van der Waals surface area (Å²) in [4.78, 5) is 14.0. The predicted octanol–water partition coefficient (Wildman–Crippen LogP) is 1.74. The number of amides is 1. The van der Waals surface area contributed by atoms with Crippen molar-refractivity contribution in [3.63, 3.8) is 0 Å². The van der Waals surface area contributed by atoms with Gasteiger partial charge in [0.15, 0.2) is 0 Å². The first-order valence-corrected chi connectivity index (χ1v) is 5.94. The standard InChI is InChI=1S/C12H19NO2/c14-12(13-7-9-15-10-8-13)11-5-3-1-2-4-6-11/h5H,1-4,6-10H2. The fourth-order valence-electron chi connectivity index (χ4n) is 2.18. The van der Waals surface area contributed by atoms with Crippen LogP contribution in [0.4, 0.5) is 0 Å². The number of carbonyl (C=O) groups is 1. The van der Waals surface area contributed by atoms with Gasteiger partial charge < -0.3 is 9.64 Å². The third kappa shape index (κ3) is 2.81. The van der Waals surface area contributed by atoms with Crippen LogP contribution in [-0.2, 0) is 9.53 Å². The Kier molecular flexibility index (Phi) is 3.78. The number of carbonyl (C=O) groups excluding carboxylic acids is 1. The van der Waals surface area contributed by atoms with E-state index in [1.807, 2.05) is 4.90 Å². The Bertz CT molecular complexity index is 254. The van der Waals surface area contributed by atoms with Crippen molar-refractivity contribution in [3.05, 3.63) is 11.6 Å². The van der Waals surface area contributed by atoms with Crippen molar-refractivity contribution in [2.24, 2.45) is 0 Å². The molecule has 0 N–H and O–H groups in total. The molecule has 0 aromatic carbocycles. The van der Waals surface area contributed by atoms with Gasteiger partial charge in [0.05, 0.1) is 13.2 Å². The summed E-state index contributed by atoms with van der Waals surface area (Å²) in [7, 11) is 0. The number of rotatable bonds is 1. The molecule has 0 radical (unpaired) electrons. The van der Waals surface area contributed by atoms with Crippen molar-refractivity contribution in [1.29, 1.82) is 0 Å². The molecule has 2 rings (SSSR count). The molecular formula is C12H19NO2. The van der Waals surface area contributed by atoms with E-state index in [2.05, 4.69) is 6.08 Å². The Labute approximate surface area is 91.1 Å². The first-order valence-electron chi connectivity index (χ1n) is 5.94. The van der Waals surface area contributed by atoms with Gasteiger partial charge in [-0.25, -0.2) is 0 Å². The number of allylic oxidation sites excluding steroid dienone is 1. The summed E-state index contributed by atoms with van der Waals surface area (Å²) in [6, 6.07) is 0. The van der Waals surface area contributed by atoms with Crippen molar-refractivity contribution in [2.75, 3.05) is 26.3 Å². The van der Waals surface area contributed by atoms with E-state index in [0.717, 1.165) is 31.5 Å². The molecule has 15 heavy (non-hydrogen) atoms. The number of morpholine rings is 1. The summed E-state index contributed by atoms with van der Waals surface area (Å²) in [6.07, 6.45) is 7.85. The predicted molar refractivity (Wildman–Crippen MR) is 58.6 cm³/mol. The second kappa shape index (κ2) is 5.31. The van der Waals surface area contributed by atoms with Gasteiger partial charge in [0.2, 0.25) is 5.91 Å². The number of nitrogens with zero attached hydrogens (tertiary/aromatic N) is 1. The Morgan fingerprint density at radius 3 is 2.80 bits per heavy atom. The highest BCUT2D eigenvalue weighted by atomic mass is 16.5. The molecule has 0 unspecified atom stereocenters. The van der Waals surface area contributed by atoms with Gasteiger partial charge >= 0.3 is 0 Å². The van der Waals surface area contributed by atoms with E-state index in [1.54, 1.807) is 0 Å². The Morgan fingerprint density at radius 2 is 2.00 bits per heavy atom. The van der Waals surface area contributed by atoms with Crippen LogP contribution in [0.2, 0.25) is 0 Å². The smallest absolute Gasteiger partial charge is 0.249 e. The minimum Gasteiger partial charge on any atom is -0.378 e. The fourth-order valence-corrected chi connectivity index (χ4v) is 2.18. The molecule has 0 saturated carbocycles. The van der Waals surface area contributed by atoms with Gasteiger partial charge in [-0.05, 0) is 25.7 Å². The van der Waals surface area contributed by atoms with Crippen LogP contribution in [0.25, 0.3) is 0 Å². The van der Waals surface area contributed by atoms with Crippen LogP contribution >= 0.6 is 0 Å². The van der Waals surface area contributed by atoms with E-state index in [0.29, 0.717) is 13.2 Å². The lowest BCUT2D eigenvalue weighted by Crippen LogP contribution is -2.41. The van der Waals surface area contributed by atoms with Crippen LogP contribution in [-0.4, -0.2) is 37.1 Å². The van der Waals surface area contributed by atoms with E-state index in [1.165, 1.54) is 19.3 Å². The number of hydrogen-bond donors (Lipinski definition) is 0. The first-order chi connectivity index (χ1) is 7.38. The van der Waals surface area contributed by atoms with Gasteiger partial charge in [0, 0.05) is 18.7 Å². The third-order valence-corrected chi connectivity index (χ3v) is 3.11. The van der Waals surface area contributed by atoms with E-state index in [4.69, 9.17) is 4.74 Å². The number of hydrogen-bond acceptors (Lipinski definition) is 2. The maximum atomic E-state index is 12.1. The van der Waals surface area contributed by atoms with Gasteiger partial charge in [-0.2, -0.15) is 0 Å². The molecule has 3 nitrogen and oxygen atoms in total. The summed E-state index contributed by atoms with van der Waals surface area (Å²) < 4.78 is 5.25. The summed E-state index contributed by atoms with van der Waals surface area (Å²) in [5, 5.41) is 0. The van der Waals surface area contributed by atoms with Crippen LogP contribution in [0.5, 0.6) is 0 Å². The minimum atomic E-state index is 0.250. The van der Waals surface area contributed by atoms with Gasteiger partial charge in [-0.15, -0.1) is 0 Å². The number of ether oxygens (including phenoxy) is 1. The molecular weight excluding hydrogens is 190 g/mol. The highest BCUT2D eigenvalue weighted by Gasteiger charge is 2.20. The zero-order valence-electron chi connectivity index (χ0n) is 9.21. The average Bonchev–Trinajstić information content (AvgIpc) is 2.58. The van der Waals surface area contributed by atoms with Crippen molar-refractivity contribution in [1.82, 2.24) is 4.90 Å². The molecule has 0 bridgehead atoms. The molecule has 1 saturated heterocycles. The molecule has 0 aromatic heterocycles. The summed E-state index contributed by atoms with van der Waals surface area (Å²) in [5.74, 6) is 0.250. The third-order valence-electron chi connectivity index (χ3n) is 3.11. The highest BCUT2D eigenvalue weighted by Crippen LogP contribution is 2.19. The molecule has 1 fully saturated rings. The molecule has 1 heterocycles. The Balaban J connectivity index is 1.95. The second-order valence-corrected chi connectivity index (χ2v) is 4.23. The molecule has 1 aliphatic heterocycles. The first kappa shape index (κ1) is 10.7. The van der Waals surface area contributed by atoms with Crippen molar-refractivity contribution >= 4 is 5.91 Å². The fraction of sp³-hybridized carbons (Fsp3) is 0.750. The van der Waals surface area contributed by atoms with Gasteiger partial charge in [0.1, 0.15) is 0 Å². The summed E-state index contributed by atoms with van der Waals surface area (Å²) in [5.41, 5.74) is 1.04. The zero-order valence-corrected chi connectivity index (χ0v) is 9.21. The second-order valence-electron chi connectivity index (χ2n) is 4.23. The SMILES string of the molecule is O=C(C1=CCCCCC1)N1CCOCC1. The van der Waals surface area contributed by atoms with Crippen molar-refractivity contribution in [3.8, 4) is 0 Å². The normalized spacial score (nSPS) is 23.2. The molecule has 0 aromatic rings.